The van der Waals surface area contributed by atoms with Gasteiger partial charge in [-0.1, -0.05) is 0 Å². The van der Waals surface area contributed by atoms with Gasteiger partial charge in [0.2, 0.25) is 0 Å². The van der Waals surface area contributed by atoms with Crippen molar-refractivity contribution in [2.75, 3.05) is 0 Å². The van der Waals surface area contributed by atoms with Gasteiger partial charge in [0.15, 0.2) is 0 Å². The Morgan fingerprint density at radius 3 is 2.74 bits per heavy atom. The molecule has 6 heteroatoms. The first kappa shape index (κ1) is 14.1. The lowest BCUT2D eigenvalue weighted by Gasteiger charge is -2.15. The van der Waals surface area contributed by atoms with E-state index >= 15 is 0 Å². The van der Waals surface area contributed by atoms with E-state index in [4.69, 9.17) is 0 Å². The van der Waals surface area contributed by atoms with E-state index in [2.05, 4.69) is 21.0 Å². The fourth-order valence-electron chi connectivity index (χ4n) is 1.98. The van der Waals surface area contributed by atoms with Crippen molar-refractivity contribution in [2.45, 2.75) is 26.5 Å². The summed E-state index contributed by atoms with van der Waals surface area (Å²) < 4.78 is 29.4. The minimum Gasteiger partial charge on any atom is -0.382 e. The van der Waals surface area contributed by atoms with E-state index in [9.17, 15) is 13.9 Å². The first-order valence-electron chi connectivity index (χ1n) is 5.81. The summed E-state index contributed by atoms with van der Waals surface area (Å²) in [5.74, 6) is -1.58. The summed E-state index contributed by atoms with van der Waals surface area (Å²) in [5.41, 5.74) is 0.687. The van der Waals surface area contributed by atoms with E-state index in [0.29, 0.717) is 17.9 Å². The number of aromatic nitrogens is 2. The van der Waals surface area contributed by atoms with Crippen LogP contribution in [0, 0.1) is 18.6 Å². The summed E-state index contributed by atoms with van der Waals surface area (Å²) in [7, 11) is 0. The SMILES string of the molecule is CCn1nc(C)cc1C(O)c1c(F)ccc(Br)c1F. The Morgan fingerprint density at radius 2 is 2.11 bits per heavy atom. The molecule has 1 aromatic carbocycles. The van der Waals surface area contributed by atoms with Crippen LogP contribution in [0.1, 0.15) is 30.0 Å². The van der Waals surface area contributed by atoms with Crippen molar-refractivity contribution >= 4 is 15.9 Å². The number of aryl methyl sites for hydroxylation is 2. The van der Waals surface area contributed by atoms with Gasteiger partial charge in [-0.15, -0.1) is 0 Å². The van der Waals surface area contributed by atoms with Gasteiger partial charge >= 0.3 is 0 Å². The predicted molar refractivity (Wildman–Crippen MR) is 70.8 cm³/mol. The van der Waals surface area contributed by atoms with Crippen molar-refractivity contribution in [2.24, 2.45) is 0 Å². The molecule has 0 spiro atoms. The minimum atomic E-state index is -1.39. The van der Waals surface area contributed by atoms with Gasteiger partial charge in [0.1, 0.15) is 17.7 Å². The van der Waals surface area contributed by atoms with Crippen LogP contribution in [0.2, 0.25) is 0 Å². The van der Waals surface area contributed by atoms with Gasteiger partial charge in [0, 0.05) is 6.54 Å². The molecule has 1 atom stereocenters. The third kappa shape index (κ3) is 2.55. The molecule has 102 valence electrons. The minimum absolute atomic E-state index is 0.113. The maximum absolute atomic E-state index is 14.0. The Bertz CT molecular complexity index is 613. The van der Waals surface area contributed by atoms with Crippen molar-refractivity contribution in [1.29, 1.82) is 0 Å². The Labute approximate surface area is 118 Å². The van der Waals surface area contributed by atoms with Crippen molar-refractivity contribution in [1.82, 2.24) is 9.78 Å². The van der Waals surface area contributed by atoms with Gasteiger partial charge in [0.05, 0.1) is 21.4 Å². The zero-order valence-electron chi connectivity index (χ0n) is 10.5. The predicted octanol–water partition coefficient (Wildman–Crippen LogP) is 3.33. The van der Waals surface area contributed by atoms with Crippen LogP contribution in [0.15, 0.2) is 22.7 Å². The van der Waals surface area contributed by atoms with E-state index < -0.39 is 17.7 Å². The molecule has 0 bridgehead atoms. The molecule has 3 nitrogen and oxygen atoms in total. The fraction of sp³-hybridized carbons (Fsp3) is 0.308. The standard InChI is InChI=1S/C13H13BrF2N2O/c1-3-18-10(6-7(2)17-18)13(19)11-9(15)5-4-8(14)12(11)16/h4-6,13,19H,3H2,1-2H3. The van der Waals surface area contributed by atoms with Crippen molar-refractivity contribution in [3.63, 3.8) is 0 Å². The van der Waals surface area contributed by atoms with Crippen molar-refractivity contribution < 1.29 is 13.9 Å². The highest BCUT2D eigenvalue weighted by Gasteiger charge is 2.24. The Kier molecular flexibility index (Phi) is 4.01. The quantitative estimate of drug-likeness (QED) is 0.876. The number of rotatable bonds is 3. The summed E-state index contributed by atoms with van der Waals surface area (Å²) in [5, 5.41) is 14.4. The van der Waals surface area contributed by atoms with Crippen LogP contribution in [0.3, 0.4) is 0 Å². The van der Waals surface area contributed by atoms with Crippen LogP contribution in [0.4, 0.5) is 8.78 Å². The summed E-state index contributed by atoms with van der Waals surface area (Å²) in [6, 6.07) is 4.00. The number of aliphatic hydroxyl groups is 1. The Balaban J connectivity index is 2.55. The molecule has 19 heavy (non-hydrogen) atoms. The summed E-state index contributed by atoms with van der Waals surface area (Å²) >= 11 is 2.99. The highest BCUT2D eigenvalue weighted by Crippen LogP contribution is 2.31. The number of benzene rings is 1. The molecular weight excluding hydrogens is 318 g/mol. The van der Waals surface area contributed by atoms with Crippen LogP contribution in [0.5, 0.6) is 0 Å². The van der Waals surface area contributed by atoms with Crippen LogP contribution in [-0.2, 0) is 6.54 Å². The van der Waals surface area contributed by atoms with Gasteiger partial charge < -0.3 is 5.11 Å². The zero-order chi connectivity index (χ0) is 14.2. The van der Waals surface area contributed by atoms with Crippen molar-refractivity contribution in [3.05, 3.63) is 51.3 Å². The summed E-state index contributed by atoms with van der Waals surface area (Å²) in [6.45, 7) is 4.11. The molecule has 0 saturated carbocycles. The normalized spacial score (nSPS) is 12.7. The summed E-state index contributed by atoms with van der Waals surface area (Å²) in [4.78, 5) is 0. The molecule has 1 heterocycles. The molecule has 0 aliphatic carbocycles. The first-order chi connectivity index (χ1) is 8.95. The van der Waals surface area contributed by atoms with Gasteiger partial charge in [0.25, 0.3) is 0 Å². The molecule has 0 amide bonds. The number of hydrogen-bond acceptors (Lipinski definition) is 2. The van der Waals surface area contributed by atoms with E-state index in [1.165, 1.54) is 10.7 Å². The highest BCUT2D eigenvalue weighted by molar-refractivity contribution is 9.10. The van der Waals surface area contributed by atoms with Gasteiger partial charge in [-0.2, -0.15) is 5.10 Å². The third-order valence-electron chi connectivity index (χ3n) is 2.87. The molecule has 1 aromatic heterocycles. The van der Waals surface area contributed by atoms with Gasteiger partial charge in [-0.3, -0.25) is 4.68 Å². The molecule has 0 aliphatic rings. The fourth-order valence-corrected chi connectivity index (χ4v) is 2.33. The van der Waals surface area contributed by atoms with E-state index in [0.717, 1.165) is 6.07 Å². The van der Waals surface area contributed by atoms with E-state index in [-0.39, 0.29) is 10.0 Å². The Morgan fingerprint density at radius 1 is 1.42 bits per heavy atom. The van der Waals surface area contributed by atoms with Crippen molar-refractivity contribution in [3.8, 4) is 0 Å². The first-order valence-corrected chi connectivity index (χ1v) is 6.60. The molecule has 1 unspecified atom stereocenters. The van der Waals surface area contributed by atoms with Crippen LogP contribution >= 0.6 is 15.9 Å². The second kappa shape index (κ2) is 5.38. The lowest BCUT2D eigenvalue weighted by atomic mass is 10.0. The molecule has 0 aliphatic heterocycles. The van der Waals surface area contributed by atoms with Crippen LogP contribution in [-0.4, -0.2) is 14.9 Å². The maximum atomic E-state index is 14.0. The molecule has 2 rings (SSSR count). The molecule has 2 aromatic rings. The number of halogens is 3. The second-order valence-corrected chi connectivity index (χ2v) is 5.04. The zero-order valence-corrected chi connectivity index (χ0v) is 12.1. The van der Waals surface area contributed by atoms with E-state index in [1.54, 1.807) is 13.0 Å². The molecular formula is C13H13BrF2N2O. The lowest BCUT2D eigenvalue weighted by Crippen LogP contribution is -2.12. The number of hydrogen-bond donors (Lipinski definition) is 1. The lowest BCUT2D eigenvalue weighted by molar-refractivity contribution is 0.197. The largest absolute Gasteiger partial charge is 0.382 e. The van der Waals surface area contributed by atoms with E-state index in [1.807, 2.05) is 6.92 Å². The Hall–Kier alpha value is -1.27. The average molecular weight is 331 g/mol. The number of nitrogens with zero attached hydrogens (tertiary/aromatic N) is 2. The molecule has 1 N–H and O–H groups in total. The average Bonchev–Trinajstić information content (AvgIpc) is 2.75. The maximum Gasteiger partial charge on any atom is 0.146 e. The second-order valence-electron chi connectivity index (χ2n) is 4.19. The molecule has 0 fully saturated rings. The van der Waals surface area contributed by atoms with Crippen LogP contribution < -0.4 is 0 Å². The molecule has 0 saturated heterocycles. The summed E-state index contributed by atoms with van der Waals surface area (Å²) in [6.07, 6.45) is -1.39. The highest BCUT2D eigenvalue weighted by atomic mass is 79.9. The monoisotopic (exact) mass is 330 g/mol. The van der Waals surface area contributed by atoms with Gasteiger partial charge in [-0.25, -0.2) is 8.78 Å². The van der Waals surface area contributed by atoms with Crippen LogP contribution in [0.25, 0.3) is 0 Å². The van der Waals surface area contributed by atoms with Gasteiger partial charge in [-0.05, 0) is 48.0 Å². The smallest absolute Gasteiger partial charge is 0.146 e. The molecule has 0 radical (unpaired) electrons. The topological polar surface area (TPSA) is 38.0 Å². The third-order valence-corrected chi connectivity index (χ3v) is 3.48. The number of aliphatic hydroxyl groups excluding tert-OH is 1.